The highest BCUT2D eigenvalue weighted by molar-refractivity contribution is 5.96. The van der Waals surface area contributed by atoms with Crippen molar-refractivity contribution in [3.63, 3.8) is 0 Å². The number of furan rings is 1. The SMILES string of the molecule is CNC[C@H](C)Oc1ccc2oc(C(C)=O)cc2c1. The molecule has 2 aromatic rings. The maximum atomic E-state index is 11.2. The van der Waals surface area contributed by atoms with Crippen LogP contribution in [0.5, 0.6) is 5.75 Å². The van der Waals surface area contributed by atoms with Crippen molar-refractivity contribution in [2.45, 2.75) is 20.0 Å². The number of ketones is 1. The summed E-state index contributed by atoms with van der Waals surface area (Å²) in [4.78, 5) is 11.2. The van der Waals surface area contributed by atoms with Crippen LogP contribution in [-0.2, 0) is 0 Å². The summed E-state index contributed by atoms with van der Waals surface area (Å²) >= 11 is 0. The van der Waals surface area contributed by atoms with E-state index in [1.54, 1.807) is 6.07 Å². The van der Waals surface area contributed by atoms with Gasteiger partial charge in [0.1, 0.15) is 17.4 Å². The predicted molar refractivity (Wildman–Crippen MR) is 70.2 cm³/mol. The number of hydrogen-bond acceptors (Lipinski definition) is 4. The van der Waals surface area contributed by atoms with Crippen molar-refractivity contribution in [1.29, 1.82) is 0 Å². The molecule has 2 rings (SSSR count). The summed E-state index contributed by atoms with van der Waals surface area (Å²) in [6.45, 7) is 4.27. The second kappa shape index (κ2) is 5.23. The van der Waals surface area contributed by atoms with E-state index in [1.807, 2.05) is 32.2 Å². The lowest BCUT2D eigenvalue weighted by Gasteiger charge is -2.13. The molecule has 0 saturated heterocycles. The van der Waals surface area contributed by atoms with E-state index in [0.717, 1.165) is 17.7 Å². The average molecular weight is 247 g/mol. The lowest BCUT2D eigenvalue weighted by Crippen LogP contribution is -2.25. The minimum absolute atomic E-state index is 0.0720. The molecule has 0 radical (unpaired) electrons. The number of likely N-dealkylation sites (N-methyl/N-ethyl adjacent to an activating group) is 1. The first kappa shape index (κ1) is 12.6. The van der Waals surface area contributed by atoms with Gasteiger partial charge in [-0.15, -0.1) is 0 Å². The van der Waals surface area contributed by atoms with Crippen molar-refractivity contribution in [1.82, 2.24) is 5.32 Å². The van der Waals surface area contributed by atoms with Gasteiger partial charge in [0.2, 0.25) is 0 Å². The van der Waals surface area contributed by atoms with Gasteiger partial charge in [0.05, 0.1) is 0 Å². The fraction of sp³-hybridized carbons (Fsp3) is 0.357. The number of ether oxygens (including phenoxy) is 1. The lowest BCUT2D eigenvalue weighted by atomic mass is 10.2. The molecule has 0 amide bonds. The summed E-state index contributed by atoms with van der Waals surface area (Å²) in [6, 6.07) is 7.30. The molecule has 0 spiro atoms. The van der Waals surface area contributed by atoms with Gasteiger partial charge in [0, 0.05) is 18.9 Å². The van der Waals surface area contributed by atoms with Crippen LogP contribution in [0, 0.1) is 0 Å². The van der Waals surface area contributed by atoms with E-state index in [-0.39, 0.29) is 11.9 Å². The molecule has 0 aliphatic heterocycles. The summed E-state index contributed by atoms with van der Waals surface area (Å²) in [5.74, 6) is 1.09. The molecule has 0 aliphatic rings. The van der Waals surface area contributed by atoms with Gasteiger partial charge in [-0.05, 0) is 38.2 Å². The van der Waals surface area contributed by atoms with E-state index < -0.39 is 0 Å². The topological polar surface area (TPSA) is 51.5 Å². The molecule has 0 aliphatic carbocycles. The first-order valence-electron chi connectivity index (χ1n) is 5.96. The molecule has 1 aromatic heterocycles. The van der Waals surface area contributed by atoms with Crippen molar-refractivity contribution in [3.8, 4) is 5.75 Å². The number of nitrogens with one attached hydrogen (secondary N) is 1. The average Bonchev–Trinajstić information content (AvgIpc) is 2.72. The minimum atomic E-state index is -0.0720. The van der Waals surface area contributed by atoms with Gasteiger partial charge in [0.15, 0.2) is 11.5 Å². The molecule has 1 atom stereocenters. The quantitative estimate of drug-likeness (QED) is 0.825. The van der Waals surface area contributed by atoms with Crippen LogP contribution in [0.4, 0.5) is 0 Å². The monoisotopic (exact) mass is 247 g/mol. The zero-order chi connectivity index (χ0) is 13.1. The number of rotatable bonds is 5. The molecule has 0 bridgehead atoms. The van der Waals surface area contributed by atoms with Crippen molar-refractivity contribution in [3.05, 3.63) is 30.0 Å². The van der Waals surface area contributed by atoms with E-state index in [9.17, 15) is 4.79 Å². The molecule has 18 heavy (non-hydrogen) atoms. The van der Waals surface area contributed by atoms with Gasteiger partial charge in [-0.2, -0.15) is 0 Å². The maximum Gasteiger partial charge on any atom is 0.194 e. The number of carbonyl (C=O) groups is 1. The fourth-order valence-corrected chi connectivity index (χ4v) is 1.83. The Kier molecular flexibility index (Phi) is 3.67. The molecular formula is C14H17NO3. The van der Waals surface area contributed by atoms with Gasteiger partial charge < -0.3 is 14.5 Å². The zero-order valence-electron chi connectivity index (χ0n) is 10.8. The third-order valence-corrected chi connectivity index (χ3v) is 2.66. The van der Waals surface area contributed by atoms with Crippen molar-refractivity contribution in [2.24, 2.45) is 0 Å². The summed E-state index contributed by atoms with van der Waals surface area (Å²) in [7, 11) is 1.89. The summed E-state index contributed by atoms with van der Waals surface area (Å²) < 4.78 is 11.2. The Balaban J connectivity index is 2.24. The van der Waals surface area contributed by atoms with E-state index >= 15 is 0 Å². The van der Waals surface area contributed by atoms with Crippen LogP contribution in [-0.4, -0.2) is 25.5 Å². The number of Topliss-reactive ketones (excluding diaryl/α,β-unsaturated/α-hetero) is 1. The number of benzene rings is 1. The second-order valence-corrected chi connectivity index (χ2v) is 4.35. The van der Waals surface area contributed by atoms with Crippen molar-refractivity contribution < 1.29 is 13.9 Å². The van der Waals surface area contributed by atoms with Gasteiger partial charge in [0.25, 0.3) is 0 Å². The molecule has 4 nitrogen and oxygen atoms in total. The Bertz CT molecular complexity index is 559. The van der Waals surface area contributed by atoms with Crippen LogP contribution in [0.3, 0.4) is 0 Å². The molecule has 96 valence electrons. The van der Waals surface area contributed by atoms with Gasteiger partial charge >= 0.3 is 0 Å². The summed E-state index contributed by atoms with van der Waals surface area (Å²) in [5.41, 5.74) is 0.703. The van der Waals surface area contributed by atoms with Crippen molar-refractivity contribution >= 4 is 16.8 Å². The Morgan fingerprint density at radius 1 is 1.44 bits per heavy atom. The molecule has 1 heterocycles. The Morgan fingerprint density at radius 3 is 2.89 bits per heavy atom. The molecule has 0 fully saturated rings. The van der Waals surface area contributed by atoms with Crippen LogP contribution in [0.2, 0.25) is 0 Å². The largest absolute Gasteiger partial charge is 0.489 e. The van der Waals surface area contributed by atoms with Crippen LogP contribution < -0.4 is 10.1 Å². The maximum absolute atomic E-state index is 11.2. The summed E-state index contributed by atoms with van der Waals surface area (Å²) in [6.07, 6.45) is 0.0895. The van der Waals surface area contributed by atoms with Gasteiger partial charge in [-0.25, -0.2) is 0 Å². The highest BCUT2D eigenvalue weighted by Gasteiger charge is 2.09. The first-order valence-corrected chi connectivity index (χ1v) is 5.96. The van der Waals surface area contributed by atoms with E-state index in [1.165, 1.54) is 6.92 Å². The first-order chi connectivity index (χ1) is 8.60. The Labute approximate surface area is 106 Å². The van der Waals surface area contributed by atoms with Crippen molar-refractivity contribution in [2.75, 3.05) is 13.6 Å². The van der Waals surface area contributed by atoms with Gasteiger partial charge in [-0.3, -0.25) is 4.79 Å². The lowest BCUT2D eigenvalue weighted by molar-refractivity contribution is 0.0989. The van der Waals surface area contributed by atoms with Gasteiger partial charge in [-0.1, -0.05) is 0 Å². The highest BCUT2D eigenvalue weighted by Crippen LogP contribution is 2.25. The molecule has 1 N–H and O–H groups in total. The predicted octanol–water partition coefficient (Wildman–Crippen LogP) is 2.62. The third kappa shape index (κ3) is 2.71. The van der Waals surface area contributed by atoms with E-state index in [0.29, 0.717) is 11.3 Å². The molecule has 1 aromatic carbocycles. The standard InChI is InChI=1S/C14H17NO3/c1-9(8-15-3)17-12-4-5-13-11(6-12)7-14(18-13)10(2)16/h4-7,9,15H,8H2,1-3H3/t9-/m0/s1. The number of fused-ring (bicyclic) bond motifs is 1. The van der Waals surface area contributed by atoms with Crippen LogP contribution >= 0.6 is 0 Å². The van der Waals surface area contributed by atoms with Crippen LogP contribution in [0.1, 0.15) is 24.4 Å². The van der Waals surface area contributed by atoms with Crippen LogP contribution in [0.15, 0.2) is 28.7 Å². The highest BCUT2D eigenvalue weighted by atomic mass is 16.5. The molecule has 4 heteroatoms. The normalized spacial score (nSPS) is 12.6. The zero-order valence-corrected chi connectivity index (χ0v) is 10.8. The number of hydrogen-bond donors (Lipinski definition) is 1. The molecule has 0 saturated carbocycles. The third-order valence-electron chi connectivity index (χ3n) is 2.66. The minimum Gasteiger partial charge on any atom is -0.489 e. The molecular weight excluding hydrogens is 230 g/mol. The molecule has 0 unspecified atom stereocenters. The van der Waals surface area contributed by atoms with E-state index in [4.69, 9.17) is 9.15 Å². The second-order valence-electron chi connectivity index (χ2n) is 4.35. The van der Waals surface area contributed by atoms with E-state index in [2.05, 4.69) is 5.32 Å². The number of carbonyl (C=O) groups excluding carboxylic acids is 1. The Hall–Kier alpha value is -1.81. The Morgan fingerprint density at radius 2 is 2.22 bits per heavy atom. The van der Waals surface area contributed by atoms with Crippen LogP contribution in [0.25, 0.3) is 11.0 Å². The smallest absolute Gasteiger partial charge is 0.194 e. The summed E-state index contributed by atoms with van der Waals surface area (Å²) in [5, 5.41) is 3.94. The fourth-order valence-electron chi connectivity index (χ4n) is 1.83.